The molecule has 0 fully saturated rings. The smallest absolute Gasteiger partial charge is 0.807 e. The summed E-state index contributed by atoms with van der Waals surface area (Å²) in [4.78, 5) is 16.2. The van der Waals surface area contributed by atoms with Gasteiger partial charge in [-0.05, 0) is 13.8 Å². The molecule has 0 rings (SSSR count). The third-order valence-corrected chi connectivity index (χ3v) is 1.22. The van der Waals surface area contributed by atoms with Gasteiger partial charge in [-0.3, -0.25) is 0 Å². The molecule has 10 heteroatoms. The van der Waals surface area contributed by atoms with Gasteiger partial charge in [0.25, 0.3) is 0 Å². The van der Waals surface area contributed by atoms with E-state index in [4.69, 9.17) is 20.2 Å². The van der Waals surface area contributed by atoms with Crippen LogP contribution in [0.3, 0.4) is 0 Å². The molecule has 0 aliphatic carbocycles. The molecule has 2 N–H and O–H groups in total. The summed E-state index contributed by atoms with van der Waals surface area (Å²) in [5.74, 6) is 0. The van der Waals surface area contributed by atoms with Crippen molar-refractivity contribution in [3.63, 3.8) is 0 Å². The summed E-state index contributed by atoms with van der Waals surface area (Å²) in [7, 11) is 0. The van der Waals surface area contributed by atoms with Gasteiger partial charge in [-0.1, -0.05) is 0 Å². The fourth-order valence-corrected chi connectivity index (χ4v) is 0. The molecule has 0 amide bonds. The van der Waals surface area contributed by atoms with Crippen molar-refractivity contribution in [2.24, 2.45) is 10.7 Å². The van der Waals surface area contributed by atoms with E-state index in [-0.39, 0.29) is 59.1 Å². The maximum Gasteiger partial charge on any atom is 1.00 e. The average Bonchev–Trinajstić information content (AvgIpc) is 1.90. The normalized spacial score (nSPS) is 5.00. The molecule has 0 aromatic heterocycles. The van der Waals surface area contributed by atoms with Gasteiger partial charge in [0, 0.05) is 0 Å². The third-order valence-electron chi connectivity index (χ3n) is 0.408. The van der Waals surface area contributed by atoms with Crippen LogP contribution in [-0.2, 0) is 25.3 Å². The van der Waals surface area contributed by atoms with Gasteiger partial charge in [0.1, 0.15) is 0 Å². The van der Waals surface area contributed by atoms with Crippen LogP contribution in [0.2, 0.25) is 0 Å². The second-order valence-corrected chi connectivity index (χ2v) is 2.53. The Morgan fingerprint density at radius 1 is 1.00 bits per heavy atom. The van der Waals surface area contributed by atoms with Gasteiger partial charge in [0.05, 0.1) is 0 Å². The van der Waals surface area contributed by atoms with E-state index in [1.54, 1.807) is 0 Å². The predicted octanol–water partition coefficient (Wildman–Crippen LogP) is -4.38. The van der Waals surface area contributed by atoms with E-state index >= 15 is 0 Å². The second kappa shape index (κ2) is 29.2. The number of hydrogen-bond donors (Lipinski definition) is 2. The molecule has 0 unspecified atom stereocenters. The zero-order chi connectivity index (χ0) is 10.6. The van der Waals surface area contributed by atoms with E-state index in [0.29, 0.717) is 4.24 Å². The molecule has 0 aliphatic rings. The van der Waals surface area contributed by atoms with Gasteiger partial charge in [-0.2, -0.15) is 0 Å². The first-order chi connectivity index (χ1) is 5.47. The average molecular weight is 258 g/mol. The molecular formula is C4H8N2Na2O4S2. The summed E-state index contributed by atoms with van der Waals surface area (Å²) >= 11 is 9.19. The van der Waals surface area contributed by atoms with E-state index in [1.165, 1.54) is 10.7 Å². The van der Waals surface area contributed by atoms with Crippen LogP contribution in [0.4, 0.5) is 0 Å². The molecule has 0 heterocycles. The van der Waals surface area contributed by atoms with E-state index in [0.717, 1.165) is 5.57 Å². The molecule has 14 heavy (non-hydrogen) atoms. The number of hydrogen-bond acceptors (Lipinski definition) is 6. The van der Waals surface area contributed by atoms with E-state index in [1.807, 2.05) is 13.8 Å². The Labute approximate surface area is 137 Å². The predicted molar refractivity (Wildman–Crippen MR) is 48.3 cm³/mol. The van der Waals surface area contributed by atoms with Crippen molar-refractivity contribution >= 4 is 25.3 Å². The first-order valence-electron chi connectivity index (χ1n) is 2.42. The minimum absolute atomic E-state index is 0. The minimum Gasteiger partial charge on any atom is -0.807 e. The van der Waals surface area contributed by atoms with Gasteiger partial charge in [0.2, 0.25) is 0 Å². The van der Waals surface area contributed by atoms with Crippen LogP contribution in [0, 0.1) is 9.81 Å². The van der Waals surface area contributed by atoms with Crippen molar-refractivity contribution in [1.29, 1.82) is 0 Å². The molecule has 0 radical (unpaired) electrons. The van der Waals surface area contributed by atoms with Crippen molar-refractivity contribution in [1.82, 2.24) is 0 Å². The summed E-state index contributed by atoms with van der Waals surface area (Å²) in [5.41, 5.74) is 1.06. The van der Waals surface area contributed by atoms with Gasteiger partial charge in [-0.15, -0.1) is 15.4 Å². The maximum atomic E-state index is 8.11. The summed E-state index contributed by atoms with van der Waals surface area (Å²) in [6.45, 7) is 3.82. The molecule has 6 nitrogen and oxygen atoms in total. The first kappa shape index (κ1) is 29.4. The zero-order valence-corrected chi connectivity index (χ0v) is 14.1. The molecular weight excluding hydrogens is 250 g/mol. The van der Waals surface area contributed by atoms with E-state index < -0.39 is 0 Å². The number of allylic oxidation sites excluding steroid dienone is 1. The molecule has 0 spiro atoms. The van der Waals surface area contributed by atoms with Gasteiger partial charge < -0.3 is 39.9 Å². The van der Waals surface area contributed by atoms with Crippen molar-refractivity contribution in [3.8, 4) is 0 Å². The molecule has 0 atom stereocenters. The summed E-state index contributed by atoms with van der Waals surface area (Å²) in [5, 5.41) is 15.8. The Morgan fingerprint density at radius 2 is 1.07 bits per heavy atom. The fraction of sp³-hybridized carbons (Fsp3) is 0.500. The standard InChI is InChI=1S/C4H8S2.2HNO2.2Na/c1-3(2)4(5)6;2*2-1-3;;/h5-6H,1-2H3;2*(H,2,3);;/q;;;2*+1/p-2. The monoisotopic (exact) mass is 258 g/mol. The molecule has 0 saturated carbocycles. The first-order valence-corrected chi connectivity index (χ1v) is 3.24. The topological polar surface area (TPSA) is 99.3 Å². The van der Waals surface area contributed by atoms with Crippen molar-refractivity contribution < 1.29 is 69.5 Å². The minimum atomic E-state index is 0. The van der Waals surface area contributed by atoms with Crippen LogP contribution in [0.5, 0.6) is 0 Å². The SMILES string of the molecule is CC(C)=C([S-])[S-].O=NO.O=NO.[Na+].[Na+]. The fourth-order valence-electron chi connectivity index (χ4n) is 0. The number of nitrogens with zero attached hydrogens (tertiary/aromatic N) is 2. The Morgan fingerprint density at radius 3 is 1.07 bits per heavy atom. The van der Waals surface area contributed by atoms with Crippen molar-refractivity contribution in [2.75, 3.05) is 0 Å². The molecule has 0 aliphatic heterocycles. The van der Waals surface area contributed by atoms with Crippen LogP contribution in [0.25, 0.3) is 0 Å². The van der Waals surface area contributed by atoms with Crippen LogP contribution >= 0.6 is 0 Å². The van der Waals surface area contributed by atoms with Gasteiger partial charge >= 0.3 is 59.1 Å². The van der Waals surface area contributed by atoms with Crippen LogP contribution in [0.1, 0.15) is 13.8 Å². The van der Waals surface area contributed by atoms with Crippen LogP contribution < -0.4 is 59.1 Å². The van der Waals surface area contributed by atoms with Crippen LogP contribution in [0.15, 0.2) is 20.5 Å². The van der Waals surface area contributed by atoms with E-state index in [9.17, 15) is 0 Å². The van der Waals surface area contributed by atoms with Gasteiger partial charge in [-0.25, -0.2) is 0 Å². The Balaban J connectivity index is -0.0000000297. The second-order valence-electron chi connectivity index (χ2n) is 1.45. The summed E-state index contributed by atoms with van der Waals surface area (Å²) in [6.07, 6.45) is 0. The maximum absolute atomic E-state index is 8.11. The van der Waals surface area contributed by atoms with Crippen molar-refractivity contribution in [2.45, 2.75) is 13.8 Å². The number of rotatable bonds is 0. The Hall–Kier alpha value is 0.980. The van der Waals surface area contributed by atoms with Crippen molar-refractivity contribution in [3.05, 3.63) is 19.6 Å². The molecule has 0 aromatic carbocycles. The molecule has 0 bridgehead atoms. The Bertz CT molecular complexity index is 134. The molecule has 0 saturated heterocycles. The zero-order valence-electron chi connectivity index (χ0n) is 8.42. The summed E-state index contributed by atoms with van der Waals surface area (Å²) in [6, 6.07) is 0. The largest absolute Gasteiger partial charge is 1.00 e. The third kappa shape index (κ3) is 75.1. The quantitative estimate of drug-likeness (QED) is 0.197. The summed E-state index contributed by atoms with van der Waals surface area (Å²) < 4.78 is 0.593. The Kier molecular flexibility index (Phi) is 61.3. The molecule has 72 valence electrons. The van der Waals surface area contributed by atoms with Gasteiger partial charge in [0.15, 0.2) is 10.7 Å². The van der Waals surface area contributed by atoms with Crippen LogP contribution in [-0.4, -0.2) is 10.4 Å². The molecule has 0 aromatic rings. The van der Waals surface area contributed by atoms with E-state index in [2.05, 4.69) is 25.3 Å².